The van der Waals surface area contributed by atoms with Crippen LogP contribution in [-0.2, 0) is 5.41 Å². The van der Waals surface area contributed by atoms with E-state index in [1.165, 1.54) is 5.56 Å². The smallest absolute Gasteiger partial charge is 0.0714 e. The Morgan fingerprint density at radius 1 is 0.365 bits per heavy atom. The summed E-state index contributed by atoms with van der Waals surface area (Å²) in [6.07, 6.45) is 0. The highest BCUT2D eigenvalue weighted by Gasteiger charge is 2.46. The van der Waals surface area contributed by atoms with Crippen LogP contribution in [-0.4, -0.2) is 0 Å². The molecule has 1 aliphatic rings. The van der Waals surface area contributed by atoms with Gasteiger partial charge in [0.2, 0.25) is 0 Å². The molecule has 10 rings (SSSR count). The molecule has 9 aromatic rings. The molecule has 244 valence electrons. The Morgan fingerprint density at radius 2 is 0.923 bits per heavy atom. The second-order valence-electron chi connectivity index (χ2n) is 13.3. The minimum atomic E-state index is -0.650. The molecule has 9 aromatic carbocycles. The zero-order valence-corrected chi connectivity index (χ0v) is 28.3. The van der Waals surface area contributed by atoms with Crippen LogP contribution in [0.25, 0.3) is 43.8 Å². The first kappa shape index (κ1) is 26.2. The fourth-order valence-corrected chi connectivity index (χ4v) is 8.37. The predicted octanol–water partition coefficient (Wildman–Crippen LogP) is 13.5. The monoisotopic (exact) mass is 665 g/mol. The van der Waals surface area contributed by atoms with Gasteiger partial charge in [-0.15, -0.1) is 0 Å². The fourth-order valence-electron chi connectivity index (χ4n) is 8.37. The van der Waals surface area contributed by atoms with Gasteiger partial charge in [0, 0.05) is 17.1 Å². The van der Waals surface area contributed by atoms with Crippen LogP contribution in [0, 0.1) is 0 Å². The Hall–Kier alpha value is -6.70. The van der Waals surface area contributed by atoms with Gasteiger partial charge in [-0.05, 0) is 108 Å². The molecule has 0 amide bonds. The van der Waals surface area contributed by atoms with Crippen LogP contribution >= 0.6 is 0 Å². The number of rotatable bonds is 6. The lowest BCUT2D eigenvalue weighted by molar-refractivity contribution is 0.768. The first-order chi connectivity index (χ1) is 27.5. The third kappa shape index (κ3) is 4.63. The molecule has 1 nitrogen and oxygen atoms in total. The van der Waals surface area contributed by atoms with Crippen molar-refractivity contribution in [1.82, 2.24) is 0 Å². The Kier molecular flexibility index (Phi) is 6.17. The Bertz CT molecular complexity index is 2890. The van der Waals surface area contributed by atoms with Gasteiger partial charge in [-0.1, -0.05) is 170 Å². The summed E-state index contributed by atoms with van der Waals surface area (Å²) in [5, 5.41) is 3.95. The van der Waals surface area contributed by atoms with Crippen LogP contribution in [0.3, 0.4) is 0 Å². The van der Waals surface area contributed by atoms with Crippen molar-refractivity contribution >= 4 is 38.6 Å². The molecule has 0 fully saturated rings. The minimum absolute atomic E-state index is 0.0844. The van der Waals surface area contributed by atoms with Crippen LogP contribution in [0.4, 0.5) is 17.1 Å². The topological polar surface area (TPSA) is 3.24 Å². The summed E-state index contributed by atoms with van der Waals surface area (Å²) >= 11 is 0. The van der Waals surface area contributed by atoms with Crippen molar-refractivity contribution in [3.8, 4) is 22.3 Å². The molecule has 0 bridgehead atoms. The van der Waals surface area contributed by atoms with Crippen molar-refractivity contribution in [2.24, 2.45) is 0 Å². The van der Waals surface area contributed by atoms with Gasteiger partial charge in [0.15, 0.2) is 0 Å². The van der Waals surface area contributed by atoms with Gasteiger partial charge in [0.25, 0.3) is 0 Å². The van der Waals surface area contributed by atoms with E-state index >= 15 is 0 Å². The second kappa shape index (κ2) is 12.3. The van der Waals surface area contributed by atoms with E-state index < -0.39 is 5.41 Å². The third-order valence-electron chi connectivity index (χ3n) is 10.6. The van der Waals surface area contributed by atoms with Crippen LogP contribution < -0.4 is 4.90 Å². The van der Waals surface area contributed by atoms with E-state index in [1.54, 1.807) is 0 Å². The van der Waals surface area contributed by atoms with Crippen LogP contribution in [0.15, 0.2) is 212 Å². The molecule has 1 heteroatoms. The summed E-state index contributed by atoms with van der Waals surface area (Å²) in [5.74, 6) is 0. The van der Waals surface area contributed by atoms with Gasteiger partial charge in [-0.3, -0.25) is 0 Å². The Balaban J connectivity index is 1.24. The molecular weight excluding hydrogens is 627 g/mol. The average molecular weight is 666 g/mol. The minimum Gasteiger partial charge on any atom is -0.310 e. The third-order valence-corrected chi connectivity index (χ3v) is 10.6. The molecule has 0 spiro atoms. The molecule has 0 saturated carbocycles. The highest BCUT2D eigenvalue weighted by Crippen LogP contribution is 2.57. The first-order valence-electron chi connectivity index (χ1n) is 19.7. The number of hydrogen-bond donors (Lipinski definition) is 0. The van der Waals surface area contributed by atoms with Crippen molar-refractivity contribution in [3.63, 3.8) is 0 Å². The van der Waals surface area contributed by atoms with Gasteiger partial charge in [0.1, 0.15) is 0 Å². The van der Waals surface area contributed by atoms with E-state index in [0.717, 1.165) is 60.7 Å². The molecule has 0 radical (unpaired) electrons. The van der Waals surface area contributed by atoms with E-state index in [0.29, 0.717) is 5.56 Å². The highest BCUT2D eigenvalue weighted by molar-refractivity contribution is 6.13. The summed E-state index contributed by atoms with van der Waals surface area (Å²) in [6.45, 7) is 0. The Labute approximate surface area is 310 Å². The van der Waals surface area contributed by atoms with Crippen LogP contribution in [0.2, 0.25) is 0 Å². The lowest BCUT2D eigenvalue weighted by Gasteiger charge is -2.35. The molecule has 0 aromatic heterocycles. The summed E-state index contributed by atoms with van der Waals surface area (Å²) in [5.41, 5.74) is 8.80. The summed E-state index contributed by atoms with van der Waals surface area (Å²) in [6, 6.07) is 63.7. The SMILES string of the molecule is [2H]c1c([2H])c(N(c2ccccc2)c2ccc3c(c2)C(c2ccccc2)(c2ccccc2)c2ccccc2-3)c([2H])c([2H])c1-c1cc2ccccc2c2ccccc12. The van der Waals surface area contributed by atoms with Crippen molar-refractivity contribution in [1.29, 1.82) is 0 Å². The van der Waals surface area contributed by atoms with E-state index in [-0.39, 0.29) is 35.4 Å². The van der Waals surface area contributed by atoms with Crippen molar-refractivity contribution in [2.75, 3.05) is 4.90 Å². The van der Waals surface area contributed by atoms with Crippen LogP contribution in [0.1, 0.15) is 27.7 Å². The number of benzene rings is 9. The predicted molar refractivity (Wildman–Crippen MR) is 219 cm³/mol. The van der Waals surface area contributed by atoms with Crippen LogP contribution in [0.5, 0.6) is 0 Å². The van der Waals surface area contributed by atoms with Crippen molar-refractivity contribution < 1.29 is 5.48 Å². The lowest BCUT2D eigenvalue weighted by Crippen LogP contribution is -2.28. The van der Waals surface area contributed by atoms with Gasteiger partial charge in [-0.25, -0.2) is 0 Å². The largest absolute Gasteiger partial charge is 0.310 e. The fraction of sp³-hybridized carbons (Fsp3) is 0.0196. The Morgan fingerprint density at radius 3 is 1.63 bits per heavy atom. The molecule has 0 aliphatic heterocycles. The van der Waals surface area contributed by atoms with E-state index in [4.69, 9.17) is 0 Å². The maximum Gasteiger partial charge on any atom is 0.0714 e. The zero-order chi connectivity index (χ0) is 38.0. The molecular formula is C51H35N. The van der Waals surface area contributed by atoms with Gasteiger partial charge in [-0.2, -0.15) is 0 Å². The average Bonchev–Trinajstić information content (AvgIpc) is 3.56. The summed E-state index contributed by atoms with van der Waals surface area (Å²) in [7, 11) is 0. The molecule has 1 aliphatic carbocycles. The highest BCUT2D eigenvalue weighted by atomic mass is 15.1. The van der Waals surface area contributed by atoms with E-state index in [2.05, 4.69) is 97.1 Å². The molecule has 0 unspecified atom stereocenters. The van der Waals surface area contributed by atoms with E-state index in [1.807, 2.05) is 95.9 Å². The molecule has 0 atom stereocenters. The van der Waals surface area contributed by atoms with Gasteiger partial charge in [0.05, 0.1) is 10.9 Å². The summed E-state index contributed by atoms with van der Waals surface area (Å²) < 4.78 is 38.6. The molecule has 0 N–H and O–H groups in total. The van der Waals surface area contributed by atoms with Crippen molar-refractivity contribution in [3.05, 3.63) is 234 Å². The maximum absolute atomic E-state index is 9.70. The number of fused-ring (bicyclic) bond motifs is 6. The number of anilines is 3. The normalized spacial score (nSPS) is 13.8. The quantitative estimate of drug-likeness (QED) is 0.160. The van der Waals surface area contributed by atoms with Gasteiger partial charge >= 0.3 is 0 Å². The van der Waals surface area contributed by atoms with Crippen molar-refractivity contribution in [2.45, 2.75) is 5.41 Å². The lowest BCUT2D eigenvalue weighted by atomic mass is 9.67. The maximum atomic E-state index is 9.70. The van der Waals surface area contributed by atoms with Gasteiger partial charge < -0.3 is 4.90 Å². The second-order valence-corrected chi connectivity index (χ2v) is 13.3. The standard InChI is InChI=1S/C51H35N/c1-4-17-38(18-5-1)51(39-19-6-2-7-20-39)49-27-15-14-26-46(49)47-33-32-42(35-50(47)51)52(40-21-8-3-9-22-40)41-30-28-36(29-31-41)48-34-37-16-10-11-23-43(37)44-24-12-13-25-45(44)48/h1-35H/i28D,29D,30D,31D. The number of para-hydroxylation sites is 1. The molecule has 0 heterocycles. The summed E-state index contributed by atoms with van der Waals surface area (Å²) in [4.78, 5) is 1.90. The first-order valence-corrected chi connectivity index (χ1v) is 17.7. The zero-order valence-electron chi connectivity index (χ0n) is 32.3. The molecule has 0 saturated heterocycles. The van der Waals surface area contributed by atoms with E-state index in [9.17, 15) is 5.48 Å². The molecule has 52 heavy (non-hydrogen) atoms. The number of hydrogen-bond acceptors (Lipinski definition) is 1. The number of nitrogens with zero attached hydrogens (tertiary/aromatic N) is 1.